The third-order valence-electron chi connectivity index (χ3n) is 6.36. The van der Waals surface area contributed by atoms with Crippen molar-refractivity contribution in [3.05, 3.63) is 71.1 Å². The number of hydrogen-bond donors (Lipinski definition) is 1. The second-order valence-corrected chi connectivity index (χ2v) is 9.10. The van der Waals surface area contributed by atoms with E-state index in [1.807, 2.05) is 30.3 Å². The van der Waals surface area contributed by atoms with Crippen LogP contribution < -0.4 is 14.8 Å². The molecule has 0 bridgehead atoms. The second-order valence-electron chi connectivity index (χ2n) is 9.10. The molecule has 2 heterocycles. The number of allylic oxidation sites excluding steroid dienone is 2. The molecular weight excluding hydrogens is 388 g/mol. The van der Waals surface area contributed by atoms with E-state index in [0.717, 1.165) is 51.2 Å². The Labute approximate surface area is 182 Å². The van der Waals surface area contributed by atoms with E-state index in [9.17, 15) is 4.79 Å². The Morgan fingerprint density at radius 3 is 2.61 bits per heavy atom. The standard InChI is InChI=1S/C26H26N2O3/c1-26(2)13-20-24(21(29)14-26)23(17-8-7-15(30-3)12-22(17)31-4)18-9-10-19-16(25(18)28-20)6-5-11-27-19/h5-12,23,28H,13-14H2,1-4H3/t23-/m1/s1. The van der Waals surface area contributed by atoms with Crippen molar-refractivity contribution in [2.24, 2.45) is 5.41 Å². The van der Waals surface area contributed by atoms with Gasteiger partial charge in [-0.05, 0) is 41.7 Å². The topological polar surface area (TPSA) is 60.5 Å². The second kappa shape index (κ2) is 7.12. The molecule has 5 heteroatoms. The number of nitrogens with one attached hydrogen (secondary N) is 1. The van der Waals surface area contributed by atoms with Crippen LogP contribution in [-0.4, -0.2) is 25.0 Å². The molecule has 0 unspecified atom stereocenters. The van der Waals surface area contributed by atoms with Crippen LogP contribution in [0.5, 0.6) is 11.5 Å². The largest absolute Gasteiger partial charge is 0.497 e. The van der Waals surface area contributed by atoms with Crippen molar-refractivity contribution < 1.29 is 14.3 Å². The smallest absolute Gasteiger partial charge is 0.162 e. The number of carbonyl (C=O) groups is 1. The van der Waals surface area contributed by atoms with Gasteiger partial charge in [0.25, 0.3) is 0 Å². The van der Waals surface area contributed by atoms with Crippen molar-refractivity contribution in [3.63, 3.8) is 0 Å². The molecule has 0 radical (unpaired) electrons. The fourth-order valence-electron chi connectivity index (χ4n) is 5.02. The lowest BCUT2D eigenvalue weighted by Gasteiger charge is -2.40. The molecule has 1 N–H and O–H groups in total. The summed E-state index contributed by atoms with van der Waals surface area (Å²) in [6.07, 6.45) is 3.16. The summed E-state index contributed by atoms with van der Waals surface area (Å²) in [4.78, 5) is 18.0. The van der Waals surface area contributed by atoms with Crippen LogP contribution >= 0.6 is 0 Å². The normalized spacial score (nSPS) is 19.5. The van der Waals surface area contributed by atoms with E-state index in [1.54, 1.807) is 20.4 Å². The van der Waals surface area contributed by atoms with E-state index < -0.39 is 0 Å². The van der Waals surface area contributed by atoms with Crippen molar-refractivity contribution in [1.82, 2.24) is 4.98 Å². The van der Waals surface area contributed by atoms with E-state index >= 15 is 0 Å². The maximum absolute atomic E-state index is 13.4. The van der Waals surface area contributed by atoms with Gasteiger partial charge in [-0.25, -0.2) is 0 Å². The molecule has 2 aromatic carbocycles. The maximum Gasteiger partial charge on any atom is 0.162 e. The van der Waals surface area contributed by atoms with E-state index in [4.69, 9.17) is 9.47 Å². The number of methoxy groups -OCH3 is 2. The molecule has 5 rings (SSSR count). The fourth-order valence-corrected chi connectivity index (χ4v) is 5.02. The molecule has 1 atom stereocenters. The number of rotatable bonds is 3. The highest BCUT2D eigenvalue weighted by Gasteiger charge is 2.41. The molecule has 1 aliphatic carbocycles. The molecule has 3 aromatic rings. The molecule has 0 amide bonds. The van der Waals surface area contributed by atoms with Gasteiger partial charge in [0.05, 0.1) is 25.4 Å². The van der Waals surface area contributed by atoms with Crippen molar-refractivity contribution in [1.29, 1.82) is 0 Å². The average molecular weight is 415 g/mol. The molecule has 5 nitrogen and oxygen atoms in total. The molecule has 158 valence electrons. The summed E-state index contributed by atoms with van der Waals surface area (Å²) in [6.45, 7) is 4.30. The van der Waals surface area contributed by atoms with Gasteiger partial charge in [-0.2, -0.15) is 0 Å². The molecular formula is C26H26N2O3. The van der Waals surface area contributed by atoms with Crippen LogP contribution in [0.3, 0.4) is 0 Å². The Morgan fingerprint density at radius 1 is 1.03 bits per heavy atom. The SMILES string of the molecule is COc1ccc([C@H]2C3=C(CC(C)(C)CC3=O)Nc3c2ccc2ncccc32)c(OC)c1. The summed E-state index contributed by atoms with van der Waals surface area (Å²) in [5.74, 6) is 1.43. The Kier molecular flexibility index (Phi) is 4.50. The molecule has 31 heavy (non-hydrogen) atoms. The number of anilines is 1. The molecule has 0 fully saturated rings. The zero-order valence-electron chi connectivity index (χ0n) is 18.3. The van der Waals surface area contributed by atoms with Crippen LogP contribution in [0.25, 0.3) is 10.9 Å². The highest BCUT2D eigenvalue weighted by atomic mass is 16.5. The minimum atomic E-state index is -0.208. The van der Waals surface area contributed by atoms with Crippen molar-refractivity contribution in [2.45, 2.75) is 32.6 Å². The molecule has 1 aliphatic heterocycles. The number of carbonyl (C=O) groups excluding carboxylic acids is 1. The monoisotopic (exact) mass is 414 g/mol. The zero-order valence-corrected chi connectivity index (χ0v) is 18.3. The number of benzene rings is 2. The molecule has 0 saturated heterocycles. The van der Waals surface area contributed by atoms with Gasteiger partial charge in [-0.3, -0.25) is 9.78 Å². The first kappa shape index (κ1) is 19.6. The lowest BCUT2D eigenvalue weighted by atomic mass is 9.68. The third kappa shape index (κ3) is 3.16. The van der Waals surface area contributed by atoms with Gasteiger partial charge >= 0.3 is 0 Å². The van der Waals surface area contributed by atoms with Crippen LogP contribution in [0.2, 0.25) is 0 Å². The summed E-state index contributed by atoms with van der Waals surface area (Å²) in [6, 6.07) is 14.0. The summed E-state index contributed by atoms with van der Waals surface area (Å²) < 4.78 is 11.2. The van der Waals surface area contributed by atoms with Gasteiger partial charge in [-0.15, -0.1) is 0 Å². The summed E-state index contributed by atoms with van der Waals surface area (Å²) in [5.41, 5.74) is 5.76. The van der Waals surface area contributed by atoms with Gasteiger partial charge in [0.1, 0.15) is 11.5 Å². The molecule has 1 aromatic heterocycles. The van der Waals surface area contributed by atoms with Crippen molar-refractivity contribution >= 4 is 22.4 Å². The predicted molar refractivity (Wildman–Crippen MR) is 122 cm³/mol. The highest BCUT2D eigenvalue weighted by molar-refractivity contribution is 6.04. The van der Waals surface area contributed by atoms with Gasteiger partial charge in [-0.1, -0.05) is 26.0 Å². The summed E-state index contributed by atoms with van der Waals surface area (Å²) >= 11 is 0. The van der Waals surface area contributed by atoms with Crippen molar-refractivity contribution in [2.75, 3.05) is 19.5 Å². The lowest BCUT2D eigenvalue weighted by molar-refractivity contribution is -0.118. The Bertz CT molecular complexity index is 1240. The number of hydrogen-bond acceptors (Lipinski definition) is 5. The predicted octanol–water partition coefficient (Wildman–Crippen LogP) is 5.45. The minimum absolute atomic E-state index is 0.0855. The third-order valence-corrected chi connectivity index (χ3v) is 6.36. The Balaban J connectivity index is 1.80. The van der Waals surface area contributed by atoms with Crippen molar-refractivity contribution in [3.8, 4) is 11.5 Å². The van der Waals surface area contributed by atoms with Gasteiger partial charge in [0.15, 0.2) is 5.78 Å². The summed E-state index contributed by atoms with van der Waals surface area (Å²) in [7, 11) is 3.30. The van der Waals surface area contributed by atoms with Crippen LogP contribution in [0, 0.1) is 5.41 Å². The number of pyridine rings is 1. The summed E-state index contributed by atoms with van der Waals surface area (Å²) in [5, 5.41) is 4.70. The Morgan fingerprint density at radius 2 is 1.84 bits per heavy atom. The number of ether oxygens (including phenoxy) is 2. The van der Waals surface area contributed by atoms with Crippen LogP contribution in [-0.2, 0) is 4.79 Å². The van der Waals surface area contributed by atoms with E-state index in [0.29, 0.717) is 12.2 Å². The molecule has 0 spiro atoms. The van der Waals surface area contributed by atoms with Gasteiger partial charge < -0.3 is 14.8 Å². The van der Waals surface area contributed by atoms with Gasteiger partial charge in [0.2, 0.25) is 0 Å². The lowest BCUT2D eigenvalue weighted by Crippen LogP contribution is -2.34. The number of Topliss-reactive ketones (excluding diaryl/α,β-unsaturated/α-hetero) is 1. The fraction of sp³-hybridized carbons (Fsp3) is 0.308. The number of aromatic nitrogens is 1. The van der Waals surface area contributed by atoms with Gasteiger partial charge in [0, 0.05) is 46.8 Å². The van der Waals surface area contributed by atoms with E-state index in [2.05, 4.69) is 36.3 Å². The zero-order chi connectivity index (χ0) is 21.8. The quantitative estimate of drug-likeness (QED) is 0.617. The Hall–Kier alpha value is -3.34. The first-order valence-electron chi connectivity index (χ1n) is 10.5. The molecule has 2 aliphatic rings. The number of nitrogens with zero attached hydrogens (tertiary/aromatic N) is 1. The van der Waals surface area contributed by atoms with Crippen LogP contribution in [0.15, 0.2) is 59.9 Å². The number of fused-ring (bicyclic) bond motifs is 3. The van der Waals surface area contributed by atoms with E-state index in [1.165, 1.54) is 0 Å². The minimum Gasteiger partial charge on any atom is -0.497 e. The van der Waals surface area contributed by atoms with E-state index in [-0.39, 0.29) is 17.1 Å². The highest BCUT2D eigenvalue weighted by Crippen LogP contribution is 2.52. The first-order chi connectivity index (χ1) is 14.9. The average Bonchev–Trinajstić information content (AvgIpc) is 2.76. The maximum atomic E-state index is 13.4. The van der Waals surface area contributed by atoms with Crippen LogP contribution in [0.1, 0.15) is 43.7 Å². The first-order valence-corrected chi connectivity index (χ1v) is 10.5. The van der Waals surface area contributed by atoms with Crippen LogP contribution in [0.4, 0.5) is 5.69 Å². The number of ketones is 1. The molecule has 0 saturated carbocycles.